The molecule has 1 aromatic carbocycles. The number of carbonyl (C=O) groups excluding carboxylic acids is 1. The number of rotatable bonds is 4. The molecule has 112 valence electrons. The summed E-state index contributed by atoms with van der Waals surface area (Å²) in [4.78, 5) is 32.9. The van der Waals surface area contributed by atoms with E-state index in [9.17, 15) is 28.5 Å². The molecule has 1 amide bonds. The van der Waals surface area contributed by atoms with Gasteiger partial charge in [-0.05, 0) is 6.07 Å². The first-order valence-electron chi connectivity index (χ1n) is 5.94. The molecule has 1 aliphatic heterocycles. The summed E-state index contributed by atoms with van der Waals surface area (Å²) in [7, 11) is 0. The van der Waals surface area contributed by atoms with E-state index < -0.39 is 39.7 Å². The first-order valence-corrected chi connectivity index (χ1v) is 5.94. The van der Waals surface area contributed by atoms with Crippen molar-refractivity contribution >= 4 is 17.6 Å². The minimum absolute atomic E-state index is 0.110. The third-order valence-corrected chi connectivity index (χ3v) is 3.17. The molecule has 0 spiro atoms. The smallest absolute Gasteiger partial charge is 0.307 e. The van der Waals surface area contributed by atoms with Crippen LogP contribution in [-0.4, -0.2) is 39.9 Å². The predicted molar refractivity (Wildman–Crippen MR) is 64.7 cm³/mol. The van der Waals surface area contributed by atoms with E-state index >= 15 is 0 Å². The van der Waals surface area contributed by atoms with Crippen molar-refractivity contribution in [3.63, 3.8) is 0 Å². The Bertz CT molecular complexity index is 628. The number of halogens is 2. The number of likely N-dealkylation sites (tertiary alicyclic amines) is 1. The number of aliphatic carboxylic acids is 1. The fourth-order valence-electron chi connectivity index (χ4n) is 2.12. The third-order valence-electron chi connectivity index (χ3n) is 3.17. The second-order valence-electron chi connectivity index (χ2n) is 4.71. The van der Waals surface area contributed by atoms with E-state index in [-0.39, 0.29) is 25.4 Å². The standard InChI is InChI=1S/C12H10F2N2O5/c13-8-3-10(16(20)21)9(14)2-7(8)12(19)15-4-6(5-15)1-11(17)18/h2-3,6H,1,4-5H2,(H,17,18). The predicted octanol–water partition coefficient (Wildman–Crippen LogP) is 1.42. The second-order valence-corrected chi connectivity index (χ2v) is 4.71. The molecule has 0 radical (unpaired) electrons. The summed E-state index contributed by atoms with van der Waals surface area (Å²) in [6.45, 7) is 0.256. The molecule has 1 fully saturated rings. The van der Waals surface area contributed by atoms with E-state index in [4.69, 9.17) is 5.11 Å². The number of nitrogens with zero attached hydrogens (tertiary/aromatic N) is 2. The van der Waals surface area contributed by atoms with Gasteiger partial charge in [0.25, 0.3) is 5.91 Å². The molecule has 0 atom stereocenters. The van der Waals surface area contributed by atoms with Crippen LogP contribution in [0.5, 0.6) is 0 Å². The zero-order valence-corrected chi connectivity index (χ0v) is 10.6. The molecule has 21 heavy (non-hydrogen) atoms. The van der Waals surface area contributed by atoms with Gasteiger partial charge in [-0.1, -0.05) is 0 Å². The first-order chi connectivity index (χ1) is 9.79. The molecule has 1 saturated heterocycles. The lowest BCUT2D eigenvalue weighted by Gasteiger charge is -2.38. The Kier molecular flexibility index (Phi) is 3.83. The maximum absolute atomic E-state index is 13.7. The maximum atomic E-state index is 13.7. The average molecular weight is 300 g/mol. The Hall–Kier alpha value is -2.58. The largest absolute Gasteiger partial charge is 0.481 e. The monoisotopic (exact) mass is 300 g/mol. The SMILES string of the molecule is O=C(O)CC1CN(C(=O)c2cc(F)c([N+](=O)[O-])cc2F)C1. The Morgan fingerprint density at radius 1 is 1.33 bits per heavy atom. The molecule has 2 rings (SSSR count). The summed E-state index contributed by atoms with van der Waals surface area (Å²) < 4.78 is 27.1. The van der Waals surface area contributed by atoms with Crippen LogP contribution in [0, 0.1) is 27.7 Å². The summed E-state index contributed by atoms with van der Waals surface area (Å²) in [5, 5.41) is 19.0. The van der Waals surface area contributed by atoms with E-state index in [2.05, 4.69) is 0 Å². The van der Waals surface area contributed by atoms with E-state index in [1.54, 1.807) is 0 Å². The Labute approximate surface area is 116 Å². The van der Waals surface area contributed by atoms with Crippen molar-refractivity contribution in [2.45, 2.75) is 6.42 Å². The highest BCUT2D eigenvalue weighted by molar-refractivity contribution is 5.95. The van der Waals surface area contributed by atoms with Gasteiger partial charge in [-0.25, -0.2) is 4.39 Å². The number of carboxylic acids is 1. The Morgan fingerprint density at radius 3 is 2.48 bits per heavy atom. The highest BCUT2D eigenvalue weighted by Gasteiger charge is 2.34. The van der Waals surface area contributed by atoms with Crippen LogP contribution in [0.2, 0.25) is 0 Å². The number of nitro groups is 1. The normalized spacial score (nSPS) is 14.7. The van der Waals surface area contributed by atoms with Crippen LogP contribution in [0.3, 0.4) is 0 Å². The van der Waals surface area contributed by atoms with Crippen molar-refractivity contribution < 1.29 is 28.4 Å². The lowest BCUT2D eigenvalue weighted by Crippen LogP contribution is -2.50. The van der Waals surface area contributed by atoms with Gasteiger partial charge in [0.05, 0.1) is 23.0 Å². The number of hydrogen-bond acceptors (Lipinski definition) is 4. The molecule has 1 heterocycles. The number of nitro benzene ring substituents is 1. The third kappa shape index (κ3) is 2.96. The van der Waals surface area contributed by atoms with Crippen molar-refractivity contribution in [2.75, 3.05) is 13.1 Å². The van der Waals surface area contributed by atoms with Gasteiger partial charge in [0.2, 0.25) is 5.82 Å². The van der Waals surface area contributed by atoms with Gasteiger partial charge in [-0.15, -0.1) is 0 Å². The molecule has 1 N–H and O–H groups in total. The van der Waals surface area contributed by atoms with Crippen molar-refractivity contribution in [1.82, 2.24) is 4.90 Å². The summed E-state index contributed by atoms with van der Waals surface area (Å²) in [5.74, 6) is -4.53. The highest BCUT2D eigenvalue weighted by atomic mass is 19.1. The zero-order chi connectivity index (χ0) is 15.7. The van der Waals surface area contributed by atoms with Crippen molar-refractivity contribution in [3.05, 3.63) is 39.4 Å². The molecular weight excluding hydrogens is 290 g/mol. The Balaban J connectivity index is 2.13. The Morgan fingerprint density at radius 2 is 1.95 bits per heavy atom. The molecule has 0 aliphatic carbocycles. The van der Waals surface area contributed by atoms with Crippen LogP contribution in [-0.2, 0) is 4.79 Å². The van der Waals surface area contributed by atoms with Crippen molar-refractivity contribution in [3.8, 4) is 0 Å². The number of benzene rings is 1. The van der Waals surface area contributed by atoms with Gasteiger partial charge in [-0.3, -0.25) is 19.7 Å². The van der Waals surface area contributed by atoms with Crippen molar-refractivity contribution in [1.29, 1.82) is 0 Å². The molecule has 9 heteroatoms. The topological polar surface area (TPSA) is 101 Å². The second kappa shape index (κ2) is 5.43. The lowest BCUT2D eigenvalue weighted by atomic mass is 9.95. The first kappa shape index (κ1) is 14.8. The molecule has 0 unspecified atom stereocenters. The van der Waals surface area contributed by atoms with Gasteiger partial charge in [0.15, 0.2) is 0 Å². The summed E-state index contributed by atoms with van der Waals surface area (Å²) in [6, 6.07) is 0.845. The van der Waals surface area contributed by atoms with Crippen LogP contribution < -0.4 is 0 Å². The van der Waals surface area contributed by atoms with Gasteiger partial charge < -0.3 is 10.0 Å². The lowest BCUT2D eigenvalue weighted by molar-refractivity contribution is -0.387. The number of carbonyl (C=O) groups is 2. The van der Waals surface area contributed by atoms with Gasteiger partial charge >= 0.3 is 11.7 Å². The number of hydrogen-bond donors (Lipinski definition) is 1. The van der Waals surface area contributed by atoms with Gasteiger partial charge in [-0.2, -0.15) is 4.39 Å². The van der Waals surface area contributed by atoms with E-state index in [1.807, 2.05) is 0 Å². The van der Waals surface area contributed by atoms with Crippen LogP contribution in [0.4, 0.5) is 14.5 Å². The van der Waals surface area contributed by atoms with E-state index in [1.165, 1.54) is 0 Å². The summed E-state index contributed by atoms with van der Waals surface area (Å²) in [6.07, 6.45) is -0.110. The van der Waals surface area contributed by atoms with Crippen LogP contribution >= 0.6 is 0 Å². The zero-order valence-electron chi connectivity index (χ0n) is 10.6. The minimum atomic E-state index is -1.30. The molecule has 0 saturated carbocycles. The molecular formula is C12H10F2N2O5. The van der Waals surface area contributed by atoms with Gasteiger partial charge in [0.1, 0.15) is 5.82 Å². The summed E-state index contributed by atoms with van der Waals surface area (Å²) >= 11 is 0. The fraction of sp³-hybridized carbons (Fsp3) is 0.333. The van der Waals surface area contributed by atoms with Crippen molar-refractivity contribution in [2.24, 2.45) is 5.92 Å². The van der Waals surface area contributed by atoms with Gasteiger partial charge in [0, 0.05) is 19.0 Å². The molecule has 7 nitrogen and oxygen atoms in total. The van der Waals surface area contributed by atoms with Crippen LogP contribution in [0.1, 0.15) is 16.8 Å². The molecule has 0 aromatic heterocycles. The minimum Gasteiger partial charge on any atom is -0.481 e. The van der Waals surface area contributed by atoms with E-state index in [0.717, 1.165) is 4.90 Å². The van der Waals surface area contributed by atoms with Crippen LogP contribution in [0.15, 0.2) is 12.1 Å². The van der Waals surface area contributed by atoms with E-state index in [0.29, 0.717) is 12.1 Å². The van der Waals surface area contributed by atoms with Crippen LogP contribution in [0.25, 0.3) is 0 Å². The molecule has 0 bridgehead atoms. The summed E-state index contributed by atoms with van der Waals surface area (Å²) in [5.41, 5.74) is -1.65. The number of carboxylic acid groups (broad SMARTS) is 1. The molecule has 1 aromatic rings. The maximum Gasteiger partial charge on any atom is 0.307 e. The molecule has 1 aliphatic rings. The number of amides is 1. The average Bonchev–Trinajstić information content (AvgIpc) is 2.34. The fourth-order valence-corrected chi connectivity index (χ4v) is 2.12. The highest BCUT2D eigenvalue weighted by Crippen LogP contribution is 2.26. The quantitative estimate of drug-likeness (QED) is 0.669.